The Bertz CT molecular complexity index is 1240. The van der Waals surface area contributed by atoms with Gasteiger partial charge in [0.2, 0.25) is 0 Å². The van der Waals surface area contributed by atoms with Crippen LogP contribution in [0.25, 0.3) is 22.3 Å². The first kappa shape index (κ1) is 30.9. The van der Waals surface area contributed by atoms with Gasteiger partial charge in [0.25, 0.3) is 0 Å². The molecule has 40 heavy (non-hydrogen) atoms. The third kappa shape index (κ3) is 9.21. The highest BCUT2D eigenvalue weighted by Crippen LogP contribution is 2.34. The molecule has 1 N–H and O–H groups in total. The van der Waals surface area contributed by atoms with E-state index in [4.69, 9.17) is 24.1 Å². The molecular formula is C33H39FO6. The zero-order chi connectivity index (χ0) is 28.7. The summed E-state index contributed by atoms with van der Waals surface area (Å²) in [5.41, 5.74) is 6.68. The molecule has 0 aliphatic carbocycles. The molecule has 3 aromatic rings. The van der Waals surface area contributed by atoms with Crippen LogP contribution in [0.3, 0.4) is 0 Å². The third-order valence-corrected chi connectivity index (χ3v) is 6.43. The predicted octanol–water partition coefficient (Wildman–Crippen LogP) is 6.37. The Balaban J connectivity index is 1.81. The van der Waals surface area contributed by atoms with E-state index in [1.54, 1.807) is 13.2 Å². The number of carbonyl (C=O) groups is 1. The van der Waals surface area contributed by atoms with Gasteiger partial charge in [-0.15, -0.1) is 0 Å². The monoisotopic (exact) mass is 550 g/mol. The fourth-order valence-corrected chi connectivity index (χ4v) is 4.23. The van der Waals surface area contributed by atoms with Crippen LogP contribution in [0.1, 0.15) is 30.9 Å². The second-order valence-electron chi connectivity index (χ2n) is 9.35. The van der Waals surface area contributed by atoms with Crippen LogP contribution in [-0.4, -0.2) is 57.9 Å². The van der Waals surface area contributed by atoms with Crippen molar-refractivity contribution in [3.05, 3.63) is 83.9 Å². The minimum atomic E-state index is -0.650. The number of halogens is 1. The lowest BCUT2D eigenvalue weighted by Gasteiger charge is -2.16. The van der Waals surface area contributed by atoms with Gasteiger partial charge in [-0.05, 0) is 71.2 Å². The van der Waals surface area contributed by atoms with E-state index in [9.17, 15) is 9.18 Å². The molecule has 7 heteroatoms. The van der Waals surface area contributed by atoms with Crippen LogP contribution in [0.2, 0.25) is 0 Å². The van der Waals surface area contributed by atoms with Gasteiger partial charge in [-0.25, -0.2) is 4.79 Å². The lowest BCUT2D eigenvalue weighted by atomic mass is 9.93. The first-order valence-corrected chi connectivity index (χ1v) is 13.6. The Morgan fingerprint density at radius 2 is 1.52 bits per heavy atom. The van der Waals surface area contributed by atoms with Crippen LogP contribution in [0.5, 0.6) is 11.5 Å². The van der Waals surface area contributed by atoms with E-state index in [0.717, 1.165) is 41.5 Å². The summed E-state index contributed by atoms with van der Waals surface area (Å²) in [5, 5.41) is 9.00. The van der Waals surface area contributed by atoms with Gasteiger partial charge in [0.15, 0.2) is 0 Å². The summed E-state index contributed by atoms with van der Waals surface area (Å²) >= 11 is 0. The largest absolute Gasteiger partial charge is 0.491 e. The molecule has 0 unspecified atom stereocenters. The van der Waals surface area contributed by atoms with Gasteiger partial charge in [-0.2, -0.15) is 0 Å². The first-order chi connectivity index (χ1) is 19.5. The molecule has 6 nitrogen and oxygen atoms in total. The highest BCUT2D eigenvalue weighted by atomic mass is 19.1. The topological polar surface area (TPSA) is 74.2 Å². The molecule has 0 aromatic heterocycles. The van der Waals surface area contributed by atoms with Gasteiger partial charge in [-0.1, -0.05) is 56.0 Å². The molecule has 0 aliphatic heterocycles. The summed E-state index contributed by atoms with van der Waals surface area (Å²) in [7, 11) is 1.62. The van der Waals surface area contributed by atoms with Crippen molar-refractivity contribution in [3.63, 3.8) is 0 Å². The molecule has 0 saturated heterocycles. The van der Waals surface area contributed by atoms with E-state index in [-0.39, 0.29) is 25.5 Å². The molecule has 3 aromatic carbocycles. The molecule has 0 saturated carbocycles. The van der Waals surface area contributed by atoms with Gasteiger partial charge in [-0.3, -0.25) is 4.39 Å². The number of hydrogen-bond donors (Lipinski definition) is 1. The Morgan fingerprint density at radius 1 is 0.850 bits per heavy atom. The van der Waals surface area contributed by atoms with Crippen LogP contribution in [0, 0.1) is 0 Å². The number of hydrogen-bond acceptors (Lipinski definition) is 6. The smallest absolute Gasteiger partial charge is 0.335 e. The summed E-state index contributed by atoms with van der Waals surface area (Å²) in [6.07, 6.45) is 3.18. The number of aryl methyl sites for hydroxylation is 2. The fraction of sp³-hybridized carbons (Fsp3) is 0.364. The van der Waals surface area contributed by atoms with E-state index in [1.807, 2.05) is 12.1 Å². The van der Waals surface area contributed by atoms with E-state index in [0.29, 0.717) is 31.1 Å². The fourth-order valence-electron chi connectivity index (χ4n) is 4.23. The SMILES string of the molecule is C=C(CO)C(=O)OCCOc1cc(OCCOC)cc(-c2ccc(-c3ccc(CCCCF)cc3)cc2CC)c1. The lowest BCUT2D eigenvalue weighted by Crippen LogP contribution is -2.15. The van der Waals surface area contributed by atoms with E-state index in [1.165, 1.54) is 11.1 Å². The molecule has 0 aliphatic rings. The Morgan fingerprint density at radius 3 is 2.15 bits per heavy atom. The summed E-state index contributed by atoms with van der Waals surface area (Å²) in [6, 6.07) is 20.6. The first-order valence-electron chi connectivity index (χ1n) is 13.6. The number of aliphatic hydroxyl groups is 1. The van der Waals surface area contributed by atoms with Gasteiger partial charge in [0.05, 0.1) is 25.5 Å². The number of unbranched alkanes of at least 4 members (excludes halogenated alkanes) is 1. The zero-order valence-electron chi connectivity index (χ0n) is 23.4. The van der Waals surface area contributed by atoms with Crippen LogP contribution < -0.4 is 9.47 Å². The number of carbonyl (C=O) groups excluding carboxylic acids is 1. The molecular weight excluding hydrogens is 511 g/mol. The summed E-state index contributed by atoms with van der Waals surface area (Å²) in [6.45, 7) is 5.87. The molecule has 0 atom stereocenters. The van der Waals surface area contributed by atoms with Crippen molar-refractivity contribution in [1.29, 1.82) is 0 Å². The van der Waals surface area contributed by atoms with E-state index in [2.05, 4.69) is 56.0 Å². The van der Waals surface area contributed by atoms with Gasteiger partial charge >= 0.3 is 5.97 Å². The number of alkyl halides is 1. The maximum Gasteiger partial charge on any atom is 0.335 e. The maximum atomic E-state index is 12.4. The normalized spacial score (nSPS) is 10.8. The van der Waals surface area contributed by atoms with Crippen molar-refractivity contribution in [3.8, 4) is 33.8 Å². The summed E-state index contributed by atoms with van der Waals surface area (Å²) < 4.78 is 34.4. The lowest BCUT2D eigenvalue weighted by molar-refractivity contribution is -0.140. The van der Waals surface area contributed by atoms with Gasteiger partial charge in [0, 0.05) is 13.2 Å². The average molecular weight is 551 g/mol. The average Bonchev–Trinajstić information content (AvgIpc) is 2.99. The van der Waals surface area contributed by atoms with E-state index < -0.39 is 12.6 Å². The van der Waals surface area contributed by atoms with Crippen LogP contribution in [0.4, 0.5) is 4.39 Å². The Labute approximate surface area is 236 Å². The van der Waals surface area contributed by atoms with Crippen molar-refractivity contribution in [2.45, 2.75) is 32.6 Å². The standard InChI is InChI=1S/C33H39FO6/c1-4-26-19-28(27-10-8-25(9-11-27)7-5-6-14-34)12-13-32(26)29-20-30(38-16-15-37-3)22-31(21-29)39-17-18-40-33(36)24(2)23-35/h8-13,19-22,35H,2,4-7,14-18,23H2,1,3H3. The quantitative estimate of drug-likeness (QED) is 0.120. The number of ether oxygens (including phenoxy) is 4. The number of aliphatic hydroxyl groups excluding tert-OH is 1. The second kappa shape index (κ2) is 16.4. The number of rotatable bonds is 17. The van der Waals surface area contributed by atoms with Gasteiger partial charge < -0.3 is 24.1 Å². The maximum absolute atomic E-state index is 12.4. The van der Waals surface area contributed by atoms with Crippen molar-refractivity contribution >= 4 is 5.97 Å². The highest BCUT2D eigenvalue weighted by molar-refractivity contribution is 5.87. The van der Waals surface area contributed by atoms with Crippen molar-refractivity contribution < 1.29 is 33.2 Å². The van der Waals surface area contributed by atoms with Crippen LogP contribution in [-0.2, 0) is 27.1 Å². The number of methoxy groups -OCH3 is 1. The van der Waals surface area contributed by atoms with Crippen molar-refractivity contribution in [2.75, 3.05) is 46.8 Å². The second-order valence-corrected chi connectivity index (χ2v) is 9.35. The van der Waals surface area contributed by atoms with Crippen LogP contribution in [0.15, 0.2) is 72.8 Å². The number of benzene rings is 3. The highest BCUT2D eigenvalue weighted by Gasteiger charge is 2.12. The van der Waals surface area contributed by atoms with Crippen LogP contribution >= 0.6 is 0 Å². The summed E-state index contributed by atoms with van der Waals surface area (Å²) in [5.74, 6) is 0.573. The Hall–Kier alpha value is -3.68. The van der Waals surface area contributed by atoms with Gasteiger partial charge in [0.1, 0.15) is 31.3 Å². The minimum absolute atomic E-state index is 0.00380. The molecule has 0 bridgehead atoms. The molecule has 0 heterocycles. The minimum Gasteiger partial charge on any atom is -0.491 e. The van der Waals surface area contributed by atoms with Crippen molar-refractivity contribution in [2.24, 2.45) is 0 Å². The third-order valence-electron chi connectivity index (χ3n) is 6.43. The molecule has 0 amide bonds. The van der Waals surface area contributed by atoms with Crippen molar-refractivity contribution in [1.82, 2.24) is 0 Å². The number of esters is 1. The summed E-state index contributed by atoms with van der Waals surface area (Å²) in [4.78, 5) is 11.7. The van der Waals surface area contributed by atoms with E-state index >= 15 is 0 Å². The molecule has 214 valence electrons. The molecule has 3 rings (SSSR count). The molecule has 0 spiro atoms. The zero-order valence-corrected chi connectivity index (χ0v) is 23.4. The molecule has 0 fully saturated rings. The molecule has 0 radical (unpaired) electrons. The Kier molecular flexibility index (Phi) is 12.7. The predicted molar refractivity (Wildman–Crippen MR) is 156 cm³/mol.